The Balaban J connectivity index is 0.000000210. The van der Waals surface area contributed by atoms with Gasteiger partial charge in [-0.3, -0.25) is 14.5 Å². The Bertz CT molecular complexity index is 1800. The van der Waals surface area contributed by atoms with Gasteiger partial charge in [-0.05, 0) is 135 Å². The molecule has 2 aromatic carbocycles. The molecule has 2 amide bonds. The van der Waals surface area contributed by atoms with Crippen molar-refractivity contribution >= 4 is 66.9 Å². The first-order valence-corrected chi connectivity index (χ1v) is 20.3. The average molecular weight is 911 g/mol. The fourth-order valence-electron chi connectivity index (χ4n) is 5.83. The van der Waals surface area contributed by atoms with Gasteiger partial charge in [0, 0.05) is 50.7 Å². The first kappa shape index (κ1) is 45.0. The summed E-state index contributed by atoms with van der Waals surface area (Å²) >= 11 is 17.9. The molecule has 2 aromatic heterocycles. The molecule has 2 saturated heterocycles. The minimum atomic E-state index is -0.0550. The Labute approximate surface area is 345 Å². The van der Waals surface area contributed by atoms with E-state index < -0.39 is 0 Å². The Kier molecular flexibility index (Phi) is 19.1. The molecule has 0 saturated carbocycles. The molecule has 0 radical (unpaired) electrons. The highest BCUT2D eigenvalue weighted by molar-refractivity contribution is 9.10. The summed E-state index contributed by atoms with van der Waals surface area (Å²) in [7, 11) is 0. The van der Waals surface area contributed by atoms with Crippen molar-refractivity contribution < 1.29 is 19.4 Å². The van der Waals surface area contributed by atoms with E-state index >= 15 is 0 Å². The van der Waals surface area contributed by atoms with Crippen molar-refractivity contribution in [1.82, 2.24) is 34.6 Å². The quantitative estimate of drug-likeness (QED) is 0.143. The molecular weight excluding hydrogens is 861 g/mol. The van der Waals surface area contributed by atoms with Crippen molar-refractivity contribution in [2.45, 2.75) is 79.3 Å². The number of benzene rings is 2. The van der Waals surface area contributed by atoms with E-state index in [0.29, 0.717) is 44.4 Å². The van der Waals surface area contributed by atoms with Crippen molar-refractivity contribution in [3.63, 3.8) is 0 Å². The molecule has 0 bridgehead atoms. The Morgan fingerprint density at radius 2 is 1.30 bits per heavy atom. The van der Waals surface area contributed by atoms with E-state index in [1.54, 1.807) is 54.4 Å². The molecular formula is C39H49Br2Cl2N7O4. The third kappa shape index (κ3) is 14.1. The number of rotatable bonds is 7. The van der Waals surface area contributed by atoms with Gasteiger partial charge in [-0.15, -0.1) is 0 Å². The SMILES string of the molecule is CCN(C(C)C)C(C)C.Cc1ncc(Br)c(Cl)n1.O=C(c1ccccc1O)N1CCCC1.O=C(c1ccccc1Oc1nc(Cl)ncc1Br)N1CCCC1. The van der Waals surface area contributed by atoms with Crippen LogP contribution < -0.4 is 4.74 Å². The normalized spacial score (nSPS) is 13.5. The molecule has 1 N–H and O–H groups in total. The van der Waals surface area contributed by atoms with E-state index in [1.165, 1.54) is 6.20 Å². The summed E-state index contributed by atoms with van der Waals surface area (Å²) in [6, 6.07) is 15.2. The van der Waals surface area contributed by atoms with Crippen LogP contribution in [0.4, 0.5) is 0 Å². The number of para-hydroxylation sites is 2. The number of hydrogen-bond donors (Lipinski definition) is 1. The van der Waals surface area contributed by atoms with Crippen molar-refractivity contribution in [2.75, 3.05) is 32.7 Å². The first-order chi connectivity index (χ1) is 25.7. The number of phenolic OH excluding ortho intramolecular Hbond substituents is 1. The summed E-state index contributed by atoms with van der Waals surface area (Å²) in [5.74, 6) is 1.41. The van der Waals surface area contributed by atoms with Gasteiger partial charge in [0.05, 0.1) is 20.1 Å². The zero-order valence-electron chi connectivity index (χ0n) is 31.6. The number of aryl methyl sites for hydroxylation is 1. The van der Waals surface area contributed by atoms with Gasteiger partial charge in [-0.2, -0.15) is 4.98 Å². The third-order valence-corrected chi connectivity index (χ3v) is 10.3. The van der Waals surface area contributed by atoms with Crippen LogP contribution in [0.3, 0.4) is 0 Å². The predicted molar refractivity (Wildman–Crippen MR) is 222 cm³/mol. The molecule has 0 spiro atoms. The van der Waals surface area contributed by atoms with E-state index in [9.17, 15) is 14.7 Å². The number of aromatic hydroxyl groups is 1. The fraction of sp³-hybridized carbons (Fsp3) is 0.436. The second-order valence-corrected chi connectivity index (χ2v) is 15.4. The van der Waals surface area contributed by atoms with Gasteiger partial charge in [-0.1, -0.05) is 42.8 Å². The summed E-state index contributed by atoms with van der Waals surface area (Å²) in [4.78, 5) is 46.2. The van der Waals surface area contributed by atoms with Crippen LogP contribution in [0.1, 0.15) is 86.8 Å². The molecule has 0 atom stereocenters. The Morgan fingerprint density at radius 1 is 0.796 bits per heavy atom. The molecule has 0 aliphatic carbocycles. The maximum atomic E-state index is 12.6. The van der Waals surface area contributed by atoms with E-state index in [1.807, 2.05) is 17.0 Å². The number of nitrogens with zero attached hydrogens (tertiary/aromatic N) is 7. The van der Waals surface area contributed by atoms with Crippen LogP contribution in [-0.4, -0.2) is 96.4 Å². The van der Waals surface area contributed by atoms with Gasteiger partial charge in [0.1, 0.15) is 22.5 Å². The van der Waals surface area contributed by atoms with E-state index in [4.69, 9.17) is 27.9 Å². The summed E-state index contributed by atoms with van der Waals surface area (Å²) < 4.78 is 7.07. The Morgan fingerprint density at radius 3 is 1.78 bits per heavy atom. The molecule has 11 nitrogen and oxygen atoms in total. The maximum absolute atomic E-state index is 12.6. The number of ether oxygens (including phenoxy) is 1. The molecule has 0 unspecified atom stereocenters. The molecule has 2 fully saturated rings. The largest absolute Gasteiger partial charge is 0.507 e. The lowest BCUT2D eigenvalue weighted by Crippen LogP contribution is -2.36. The zero-order chi connectivity index (χ0) is 39.8. The lowest BCUT2D eigenvalue weighted by molar-refractivity contribution is 0.0782. The maximum Gasteiger partial charge on any atom is 0.257 e. The van der Waals surface area contributed by atoms with Gasteiger partial charge in [-0.25, -0.2) is 15.0 Å². The van der Waals surface area contributed by atoms with Gasteiger partial charge in [0.2, 0.25) is 11.2 Å². The second kappa shape index (κ2) is 22.9. The standard InChI is InChI=1S/C15H13BrClN3O2.C11H13NO2.C8H19N.C5H4BrClN2/c16-11-9-18-15(17)19-13(11)22-12-6-2-1-5-10(12)14(21)20-7-3-4-8-20;13-10-6-2-1-5-9(10)11(14)12-7-3-4-8-12;1-6-9(7(2)3)8(4)5;1-3-8-2-4(6)5(7)9-3/h1-2,5-6,9H,3-4,7-8H2;1-2,5-6,13H,3-4,7-8H2;7-8H,6H2,1-5H3;2H,1H3. The van der Waals surface area contributed by atoms with Gasteiger partial charge < -0.3 is 19.6 Å². The van der Waals surface area contributed by atoms with Crippen LogP contribution in [0.2, 0.25) is 10.4 Å². The molecule has 2 aliphatic heterocycles. The van der Waals surface area contributed by atoms with Crippen LogP contribution in [0.5, 0.6) is 17.4 Å². The van der Waals surface area contributed by atoms with Crippen LogP contribution in [0.25, 0.3) is 0 Å². The van der Waals surface area contributed by atoms with Gasteiger partial charge >= 0.3 is 0 Å². The molecule has 292 valence electrons. The molecule has 15 heteroatoms. The van der Waals surface area contributed by atoms with Crippen molar-refractivity contribution in [2.24, 2.45) is 0 Å². The van der Waals surface area contributed by atoms with Crippen LogP contribution >= 0.6 is 55.1 Å². The lowest BCUT2D eigenvalue weighted by atomic mass is 10.2. The third-order valence-electron chi connectivity index (χ3n) is 8.44. The number of carbonyl (C=O) groups excluding carboxylic acids is 2. The number of aromatic nitrogens is 4. The monoisotopic (exact) mass is 907 g/mol. The lowest BCUT2D eigenvalue weighted by Gasteiger charge is -2.28. The molecule has 4 aromatic rings. The molecule has 2 aliphatic rings. The van der Waals surface area contributed by atoms with Crippen LogP contribution in [0.15, 0.2) is 69.9 Å². The smallest absolute Gasteiger partial charge is 0.257 e. The predicted octanol–water partition coefficient (Wildman–Crippen LogP) is 9.88. The van der Waals surface area contributed by atoms with E-state index in [2.05, 4.69) is 91.3 Å². The number of hydrogen-bond acceptors (Lipinski definition) is 9. The van der Waals surface area contributed by atoms with Gasteiger partial charge in [0.25, 0.3) is 11.8 Å². The first-order valence-electron chi connectivity index (χ1n) is 17.9. The summed E-state index contributed by atoms with van der Waals surface area (Å²) in [6.07, 6.45) is 7.36. The molecule has 54 heavy (non-hydrogen) atoms. The van der Waals surface area contributed by atoms with Crippen molar-refractivity contribution in [3.05, 3.63) is 97.3 Å². The number of phenols is 1. The fourth-order valence-corrected chi connectivity index (χ4v) is 6.59. The Hall–Kier alpha value is -3.36. The highest BCUT2D eigenvalue weighted by Gasteiger charge is 2.23. The second-order valence-electron chi connectivity index (χ2n) is 13.0. The van der Waals surface area contributed by atoms with Crippen molar-refractivity contribution in [1.29, 1.82) is 0 Å². The van der Waals surface area contributed by atoms with E-state index in [0.717, 1.165) is 62.9 Å². The van der Waals surface area contributed by atoms with Gasteiger partial charge in [0.15, 0.2) is 0 Å². The summed E-state index contributed by atoms with van der Waals surface area (Å²) in [5.41, 5.74) is 0.931. The summed E-state index contributed by atoms with van der Waals surface area (Å²) in [5, 5.41) is 10.0. The molecule has 6 rings (SSSR count). The highest BCUT2D eigenvalue weighted by atomic mass is 79.9. The minimum absolute atomic E-state index is 0.0237. The zero-order valence-corrected chi connectivity index (χ0v) is 36.3. The number of halogens is 4. The van der Waals surface area contributed by atoms with E-state index in [-0.39, 0.29) is 28.7 Å². The topological polar surface area (TPSA) is 125 Å². The van der Waals surface area contributed by atoms with Crippen molar-refractivity contribution in [3.8, 4) is 17.4 Å². The minimum Gasteiger partial charge on any atom is -0.507 e. The highest BCUT2D eigenvalue weighted by Crippen LogP contribution is 2.31. The average Bonchev–Trinajstić information content (AvgIpc) is 3.89. The molecule has 4 heterocycles. The number of likely N-dealkylation sites (tertiary alicyclic amines) is 2. The summed E-state index contributed by atoms with van der Waals surface area (Å²) in [6.45, 7) is 17.3. The number of amides is 2. The van der Waals surface area contributed by atoms with Crippen LogP contribution in [-0.2, 0) is 0 Å². The van der Waals surface area contributed by atoms with Crippen LogP contribution in [0, 0.1) is 6.92 Å². The number of carbonyl (C=O) groups is 2.